The minimum atomic E-state index is -1.04. The van der Waals surface area contributed by atoms with Crippen LogP contribution >= 0.6 is 15.9 Å². The number of benzene rings is 1. The maximum Gasteiger partial charge on any atom is 0.335 e. The Morgan fingerprint density at radius 1 is 1.30 bits per heavy atom. The van der Waals surface area contributed by atoms with E-state index in [0.29, 0.717) is 15.9 Å². The Morgan fingerprint density at radius 3 is 2.60 bits per heavy atom. The van der Waals surface area contributed by atoms with Crippen molar-refractivity contribution in [3.8, 4) is 0 Å². The zero-order chi connectivity index (χ0) is 14.7. The first kappa shape index (κ1) is 14.3. The van der Waals surface area contributed by atoms with Gasteiger partial charge < -0.3 is 20.6 Å². The number of carbonyl (C=O) groups is 2. The molecular formula is C13H11BrN2O4. The lowest BCUT2D eigenvalue weighted by atomic mass is 10.2. The highest BCUT2D eigenvalue weighted by atomic mass is 79.9. The summed E-state index contributed by atoms with van der Waals surface area (Å²) in [7, 11) is 0. The fraction of sp³-hybridized carbons (Fsp3) is 0.0769. The smallest absolute Gasteiger partial charge is 0.335 e. The van der Waals surface area contributed by atoms with Crippen molar-refractivity contribution in [2.75, 3.05) is 5.32 Å². The largest absolute Gasteiger partial charge is 0.478 e. The second kappa shape index (κ2) is 5.89. The number of carboxylic acid groups (broad SMARTS) is 1. The Morgan fingerprint density at radius 2 is 2.05 bits per heavy atom. The standard InChI is InChI=1S/C13H11BrN2O4/c14-9-5-7(13(18)19)1-3-10(9)16-12(17)11-4-2-8(6-15)20-11/h1-5H,6,15H2,(H,16,17)(H,18,19). The molecule has 0 fully saturated rings. The molecule has 2 rings (SSSR count). The van der Waals surface area contributed by atoms with E-state index in [9.17, 15) is 9.59 Å². The van der Waals surface area contributed by atoms with Gasteiger partial charge in [0.05, 0.1) is 17.8 Å². The van der Waals surface area contributed by atoms with E-state index in [0.717, 1.165) is 0 Å². The molecule has 0 atom stereocenters. The van der Waals surface area contributed by atoms with Gasteiger partial charge in [0.15, 0.2) is 5.76 Å². The second-order valence-corrected chi connectivity index (χ2v) is 4.78. The van der Waals surface area contributed by atoms with Crippen LogP contribution in [-0.2, 0) is 6.54 Å². The van der Waals surface area contributed by atoms with Crippen LogP contribution in [0, 0.1) is 0 Å². The monoisotopic (exact) mass is 338 g/mol. The molecule has 104 valence electrons. The van der Waals surface area contributed by atoms with Crippen molar-refractivity contribution in [3.05, 3.63) is 51.9 Å². The molecule has 0 saturated carbocycles. The molecular weight excluding hydrogens is 328 g/mol. The van der Waals surface area contributed by atoms with Crippen molar-refractivity contribution in [2.24, 2.45) is 5.73 Å². The van der Waals surface area contributed by atoms with E-state index in [2.05, 4.69) is 21.2 Å². The van der Waals surface area contributed by atoms with Gasteiger partial charge in [-0.1, -0.05) is 0 Å². The van der Waals surface area contributed by atoms with Gasteiger partial charge in [0.25, 0.3) is 5.91 Å². The van der Waals surface area contributed by atoms with Crippen LogP contribution in [0.5, 0.6) is 0 Å². The quantitative estimate of drug-likeness (QED) is 0.793. The van der Waals surface area contributed by atoms with E-state index in [1.54, 1.807) is 6.07 Å². The number of carboxylic acids is 1. The van der Waals surface area contributed by atoms with Crippen LogP contribution in [0.4, 0.5) is 5.69 Å². The van der Waals surface area contributed by atoms with Crippen molar-refractivity contribution in [2.45, 2.75) is 6.54 Å². The molecule has 0 aliphatic rings. The number of anilines is 1. The maximum atomic E-state index is 11.9. The molecule has 1 heterocycles. The van der Waals surface area contributed by atoms with Crippen LogP contribution in [0.15, 0.2) is 39.2 Å². The summed E-state index contributed by atoms with van der Waals surface area (Å²) in [6.07, 6.45) is 0. The topological polar surface area (TPSA) is 106 Å². The highest BCUT2D eigenvalue weighted by molar-refractivity contribution is 9.10. The zero-order valence-electron chi connectivity index (χ0n) is 10.2. The van der Waals surface area contributed by atoms with E-state index >= 15 is 0 Å². The fourth-order valence-corrected chi connectivity index (χ4v) is 2.02. The van der Waals surface area contributed by atoms with Crippen molar-refractivity contribution in [1.29, 1.82) is 0 Å². The van der Waals surface area contributed by atoms with Crippen molar-refractivity contribution >= 4 is 33.5 Å². The molecule has 20 heavy (non-hydrogen) atoms. The number of amides is 1. The third-order valence-corrected chi connectivity index (χ3v) is 3.21. The molecule has 4 N–H and O–H groups in total. The normalized spacial score (nSPS) is 10.3. The first-order valence-corrected chi connectivity index (χ1v) is 6.43. The minimum absolute atomic E-state index is 0.123. The maximum absolute atomic E-state index is 11.9. The fourth-order valence-electron chi connectivity index (χ4n) is 1.54. The summed E-state index contributed by atoms with van der Waals surface area (Å²) < 4.78 is 5.69. The lowest BCUT2D eigenvalue weighted by Gasteiger charge is -2.06. The third-order valence-electron chi connectivity index (χ3n) is 2.55. The molecule has 0 saturated heterocycles. The van der Waals surface area contributed by atoms with Crippen LogP contribution in [0.25, 0.3) is 0 Å². The first-order valence-electron chi connectivity index (χ1n) is 5.64. The zero-order valence-corrected chi connectivity index (χ0v) is 11.8. The number of hydrogen-bond acceptors (Lipinski definition) is 4. The lowest BCUT2D eigenvalue weighted by Crippen LogP contribution is -2.11. The molecule has 1 amide bonds. The predicted octanol–water partition coefficient (Wildman–Crippen LogP) is 2.45. The Bertz CT molecular complexity index is 666. The molecule has 0 aliphatic heterocycles. The highest BCUT2D eigenvalue weighted by Crippen LogP contribution is 2.24. The highest BCUT2D eigenvalue weighted by Gasteiger charge is 2.13. The minimum Gasteiger partial charge on any atom is -0.478 e. The van der Waals surface area contributed by atoms with Gasteiger partial charge in [0.2, 0.25) is 0 Å². The van der Waals surface area contributed by atoms with Crippen molar-refractivity contribution in [1.82, 2.24) is 0 Å². The molecule has 0 radical (unpaired) electrons. The van der Waals surface area contributed by atoms with Gasteiger partial charge in [0.1, 0.15) is 5.76 Å². The van der Waals surface area contributed by atoms with Crippen LogP contribution in [0.1, 0.15) is 26.7 Å². The SMILES string of the molecule is NCc1ccc(C(=O)Nc2ccc(C(=O)O)cc2Br)o1. The average molecular weight is 339 g/mol. The van der Waals surface area contributed by atoms with Gasteiger partial charge in [0, 0.05) is 4.47 Å². The number of rotatable bonds is 4. The molecule has 2 aromatic rings. The van der Waals surface area contributed by atoms with E-state index in [1.807, 2.05) is 0 Å². The summed E-state index contributed by atoms with van der Waals surface area (Å²) in [5, 5.41) is 11.5. The first-order chi connectivity index (χ1) is 9.51. The molecule has 0 bridgehead atoms. The summed E-state index contributed by atoms with van der Waals surface area (Å²) in [5.74, 6) is -0.828. The number of hydrogen-bond donors (Lipinski definition) is 3. The lowest BCUT2D eigenvalue weighted by molar-refractivity contribution is 0.0696. The van der Waals surface area contributed by atoms with Gasteiger partial charge in [-0.15, -0.1) is 0 Å². The summed E-state index contributed by atoms with van der Waals surface area (Å²) in [6.45, 7) is 0.213. The Hall–Kier alpha value is -2.12. The van der Waals surface area contributed by atoms with Gasteiger partial charge in [-0.05, 0) is 46.3 Å². The van der Waals surface area contributed by atoms with Crippen LogP contribution in [-0.4, -0.2) is 17.0 Å². The van der Waals surface area contributed by atoms with Gasteiger partial charge in [-0.25, -0.2) is 4.79 Å². The molecule has 0 aliphatic carbocycles. The number of aromatic carboxylic acids is 1. The van der Waals surface area contributed by atoms with Crippen molar-refractivity contribution < 1.29 is 19.1 Å². The number of nitrogens with one attached hydrogen (secondary N) is 1. The van der Waals surface area contributed by atoms with E-state index in [-0.39, 0.29) is 17.9 Å². The number of carbonyl (C=O) groups excluding carboxylic acids is 1. The molecule has 7 heteroatoms. The summed E-state index contributed by atoms with van der Waals surface area (Å²) >= 11 is 3.21. The second-order valence-electron chi connectivity index (χ2n) is 3.92. The Balaban J connectivity index is 2.17. The molecule has 1 aromatic carbocycles. The predicted molar refractivity (Wildman–Crippen MR) is 75.7 cm³/mol. The van der Waals surface area contributed by atoms with Crippen LogP contribution < -0.4 is 11.1 Å². The third kappa shape index (κ3) is 3.06. The van der Waals surface area contributed by atoms with Crippen molar-refractivity contribution in [3.63, 3.8) is 0 Å². The average Bonchev–Trinajstić information content (AvgIpc) is 2.89. The Labute approximate surface area is 122 Å². The number of halogens is 1. The van der Waals surface area contributed by atoms with Gasteiger partial charge >= 0.3 is 5.97 Å². The van der Waals surface area contributed by atoms with Gasteiger partial charge in [-0.2, -0.15) is 0 Å². The van der Waals surface area contributed by atoms with E-state index < -0.39 is 11.9 Å². The molecule has 0 spiro atoms. The Kier molecular flexibility index (Phi) is 4.21. The molecule has 0 unspecified atom stereocenters. The molecule has 1 aromatic heterocycles. The number of nitrogens with two attached hydrogens (primary N) is 1. The van der Waals surface area contributed by atoms with Crippen LogP contribution in [0.3, 0.4) is 0 Å². The number of furan rings is 1. The van der Waals surface area contributed by atoms with E-state index in [1.165, 1.54) is 24.3 Å². The summed E-state index contributed by atoms with van der Waals surface area (Å²) in [4.78, 5) is 22.7. The summed E-state index contributed by atoms with van der Waals surface area (Å²) in [5.41, 5.74) is 5.97. The summed E-state index contributed by atoms with van der Waals surface area (Å²) in [6, 6.07) is 7.45. The molecule has 6 nitrogen and oxygen atoms in total. The van der Waals surface area contributed by atoms with Gasteiger partial charge in [-0.3, -0.25) is 4.79 Å². The van der Waals surface area contributed by atoms with E-state index in [4.69, 9.17) is 15.3 Å². The van der Waals surface area contributed by atoms with Crippen LogP contribution in [0.2, 0.25) is 0 Å².